The smallest absolute Gasteiger partial charge is 0.126 e. The number of hydrogen-bond donors (Lipinski definition) is 2. The fraction of sp³-hybridized carbons (Fsp3) is 0.353. The maximum absolute atomic E-state index is 8.96. The van der Waals surface area contributed by atoms with E-state index in [9.17, 15) is 0 Å². The first-order valence-corrected chi connectivity index (χ1v) is 7.33. The van der Waals surface area contributed by atoms with E-state index in [2.05, 4.69) is 17.2 Å². The highest BCUT2D eigenvalue weighted by molar-refractivity contribution is 5.50. The third-order valence-corrected chi connectivity index (χ3v) is 3.59. The van der Waals surface area contributed by atoms with Gasteiger partial charge in [-0.05, 0) is 25.1 Å². The van der Waals surface area contributed by atoms with Crippen molar-refractivity contribution in [2.24, 2.45) is 0 Å². The van der Waals surface area contributed by atoms with Crippen LogP contribution in [0.1, 0.15) is 18.5 Å². The zero-order valence-corrected chi connectivity index (χ0v) is 13.3. The molecule has 0 aliphatic carbocycles. The van der Waals surface area contributed by atoms with E-state index >= 15 is 0 Å². The fourth-order valence-electron chi connectivity index (χ4n) is 2.30. The van der Waals surface area contributed by atoms with Crippen LogP contribution in [-0.4, -0.2) is 37.4 Å². The van der Waals surface area contributed by atoms with Crippen molar-refractivity contribution in [3.63, 3.8) is 0 Å². The zero-order valence-electron chi connectivity index (χ0n) is 13.3. The Balaban J connectivity index is 2.07. The molecule has 0 fully saturated rings. The van der Waals surface area contributed by atoms with Gasteiger partial charge in [0, 0.05) is 19.2 Å². The number of aromatic nitrogens is 1. The van der Waals surface area contributed by atoms with Crippen LogP contribution in [0.2, 0.25) is 0 Å². The summed E-state index contributed by atoms with van der Waals surface area (Å²) in [6.07, 6.45) is 1.80. The van der Waals surface area contributed by atoms with Gasteiger partial charge in [-0.15, -0.1) is 0 Å². The van der Waals surface area contributed by atoms with Crippen molar-refractivity contribution in [1.82, 2.24) is 4.98 Å². The second-order valence-corrected chi connectivity index (χ2v) is 5.15. The summed E-state index contributed by atoms with van der Waals surface area (Å²) < 4.78 is 5.39. The number of nitrogens with zero attached hydrogens (tertiary/aromatic N) is 2. The maximum Gasteiger partial charge on any atom is 0.126 e. The number of anilines is 2. The molecule has 1 aromatic heterocycles. The minimum atomic E-state index is 0.0877. The normalized spacial score (nSPS) is 11.8. The molecule has 0 saturated carbocycles. The van der Waals surface area contributed by atoms with Gasteiger partial charge >= 0.3 is 0 Å². The first kappa shape index (κ1) is 16.1. The Morgan fingerprint density at radius 2 is 2.05 bits per heavy atom. The molecular formula is C17H23N3O2. The van der Waals surface area contributed by atoms with Crippen LogP contribution in [0, 0.1) is 0 Å². The monoisotopic (exact) mass is 301 g/mol. The van der Waals surface area contributed by atoms with E-state index in [1.165, 1.54) is 0 Å². The van der Waals surface area contributed by atoms with Crippen LogP contribution in [0.5, 0.6) is 5.75 Å². The van der Waals surface area contributed by atoms with Crippen molar-refractivity contribution in [1.29, 1.82) is 0 Å². The number of ether oxygens (including phenoxy) is 1. The van der Waals surface area contributed by atoms with E-state index in [1.54, 1.807) is 13.3 Å². The predicted octanol–water partition coefficient (Wildman–Crippen LogP) is 2.69. The summed E-state index contributed by atoms with van der Waals surface area (Å²) in [6, 6.07) is 12.0. The molecule has 2 rings (SSSR count). The number of benzene rings is 1. The molecular weight excluding hydrogens is 278 g/mol. The lowest BCUT2D eigenvalue weighted by molar-refractivity contribution is 0.304. The van der Waals surface area contributed by atoms with Crippen LogP contribution in [0.4, 0.5) is 11.5 Å². The molecule has 2 aromatic rings. The van der Waals surface area contributed by atoms with E-state index in [4.69, 9.17) is 9.84 Å². The molecule has 118 valence electrons. The minimum absolute atomic E-state index is 0.0877. The molecule has 1 heterocycles. The predicted molar refractivity (Wildman–Crippen MR) is 89.6 cm³/mol. The van der Waals surface area contributed by atoms with Gasteiger partial charge in [0.05, 0.1) is 31.6 Å². The number of methoxy groups -OCH3 is 1. The van der Waals surface area contributed by atoms with E-state index < -0.39 is 0 Å². The summed E-state index contributed by atoms with van der Waals surface area (Å²) in [4.78, 5) is 6.39. The third kappa shape index (κ3) is 3.89. The Morgan fingerprint density at radius 3 is 2.68 bits per heavy atom. The molecule has 0 aliphatic heterocycles. The van der Waals surface area contributed by atoms with Crippen LogP contribution in [0.25, 0.3) is 0 Å². The number of likely N-dealkylation sites (N-methyl/N-ethyl adjacent to an activating group) is 1. The molecule has 0 aliphatic rings. The average Bonchev–Trinajstić information content (AvgIpc) is 2.55. The molecule has 1 aromatic carbocycles. The summed E-state index contributed by atoms with van der Waals surface area (Å²) >= 11 is 0. The SMILES string of the molecule is COc1ccccc1C(C)Nc1ccc(N(C)CCO)cn1. The highest BCUT2D eigenvalue weighted by atomic mass is 16.5. The van der Waals surface area contributed by atoms with E-state index in [0.29, 0.717) is 6.54 Å². The van der Waals surface area contributed by atoms with E-state index in [0.717, 1.165) is 22.8 Å². The Bertz CT molecular complexity index is 587. The van der Waals surface area contributed by atoms with Crippen LogP contribution < -0.4 is 15.0 Å². The Labute approximate surface area is 131 Å². The van der Waals surface area contributed by atoms with Gasteiger partial charge in [-0.1, -0.05) is 18.2 Å². The number of para-hydroxylation sites is 1. The Hall–Kier alpha value is -2.27. The first-order valence-electron chi connectivity index (χ1n) is 7.33. The maximum atomic E-state index is 8.96. The molecule has 0 radical (unpaired) electrons. The third-order valence-electron chi connectivity index (χ3n) is 3.59. The van der Waals surface area contributed by atoms with Gasteiger partial charge in [-0.3, -0.25) is 0 Å². The van der Waals surface area contributed by atoms with Crippen LogP contribution in [-0.2, 0) is 0 Å². The van der Waals surface area contributed by atoms with E-state index in [1.807, 2.05) is 48.3 Å². The Morgan fingerprint density at radius 1 is 1.27 bits per heavy atom. The second-order valence-electron chi connectivity index (χ2n) is 5.15. The van der Waals surface area contributed by atoms with Crippen LogP contribution in [0.15, 0.2) is 42.6 Å². The lowest BCUT2D eigenvalue weighted by Gasteiger charge is -2.20. The summed E-state index contributed by atoms with van der Waals surface area (Å²) in [5.41, 5.74) is 2.07. The highest BCUT2D eigenvalue weighted by Gasteiger charge is 2.11. The summed E-state index contributed by atoms with van der Waals surface area (Å²) in [5, 5.41) is 12.3. The van der Waals surface area contributed by atoms with Crippen molar-refractivity contribution < 1.29 is 9.84 Å². The largest absolute Gasteiger partial charge is 0.496 e. The number of pyridine rings is 1. The molecule has 1 unspecified atom stereocenters. The van der Waals surface area contributed by atoms with Crippen molar-refractivity contribution in [2.75, 3.05) is 37.5 Å². The van der Waals surface area contributed by atoms with Crippen molar-refractivity contribution in [2.45, 2.75) is 13.0 Å². The number of aliphatic hydroxyl groups excluding tert-OH is 1. The number of nitrogens with one attached hydrogen (secondary N) is 1. The summed E-state index contributed by atoms with van der Waals surface area (Å²) in [7, 11) is 3.60. The highest BCUT2D eigenvalue weighted by Crippen LogP contribution is 2.27. The van der Waals surface area contributed by atoms with E-state index in [-0.39, 0.29) is 12.6 Å². The van der Waals surface area contributed by atoms with Gasteiger partial charge in [-0.25, -0.2) is 4.98 Å². The molecule has 1 atom stereocenters. The number of hydrogen-bond acceptors (Lipinski definition) is 5. The molecule has 22 heavy (non-hydrogen) atoms. The van der Waals surface area contributed by atoms with Gasteiger partial charge in [0.2, 0.25) is 0 Å². The molecule has 0 spiro atoms. The average molecular weight is 301 g/mol. The lowest BCUT2D eigenvalue weighted by atomic mass is 10.1. The van der Waals surface area contributed by atoms with Crippen LogP contribution >= 0.6 is 0 Å². The van der Waals surface area contributed by atoms with Gasteiger partial charge in [-0.2, -0.15) is 0 Å². The lowest BCUT2D eigenvalue weighted by Crippen LogP contribution is -2.21. The van der Waals surface area contributed by atoms with Gasteiger partial charge in [0.25, 0.3) is 0 Å². The molecule has 5 nitrogen and oxygen atoms in total. The van der Waals surface area contributed by atoms with Crippen LogP contribution in [0.3, 0.4) is 0 Å². The molecule has 0 amide bonds. The topological polar surface area (TPSA) is 57.6 Å². The van der Waals surface area contributed by atoms with Gasteiger partial charge in [0.1, 0.15) is 11.6 Å². The van der Waals surface area contributed by atoms with Gasteiger partial charge < -0.3 is 20.1 Å². The summed E-state index contributed by atoms with van der Waals surface area (Å²) in [5.74, 6) is 1.67. The standard InChI is InChI=1S/C17H23N3O2/c1-13(15-6-4-5-7-16(15)22-3)19-17-9-8-14(12-18-17)20(2)10-11-21/h4-9,12-13,21H,10-11H2,1-3H3,(H,18,19). The molecule has 2 N–H and O–H groups in total. The number of rotatable bonds is 7. The van der Waals surface area contributed by atoms with Crippen molar-refractivity contribution in [3.05, 3.63) is 48.2 Å². The quantitative estimate of drug-likeness (QED) is 0.823. The zero-order chi connectivity index (χ0) is 15.9. The number of aliphatic hydroxyl groups is 1. The minimum Gasteiger partial charge on any atom is -0.496 e. The van der Waals surface area contributed by atoms with Crippen molar-refractivity contribution >= 4 is 11.5 Å². The van der Waals surface area contributed by atoms with Crippen molar-refractivity contribution in [3.8, 4) is 5.75 Å². The summed E-state index contributed by atoms with van der Waals surface area (Å²) in [6.45, 7) is 2.79. The second kappa shape index (κ2) is 7.66. The first-order chi connectivity index (χ1) is 10.7. The molecule has 0 saturated heterocycles. The Kier molecular flexibility index (Phi) is 5.61. The van der Waals surface area contributed by atoms with Gasteiger partial charge in [0.15, 0.2) is 0 Å². The fourth-order valence-corrected chi connectivity index (χ4v) is 2.30. The molecule has 0 bridgehead atoms. The molecule has 5 heteroatoms.